The van der Waals surface area contributed by atoms with Crippen molar-refractivity contribution < 1.29 is 5.11 Å². The first kappa shape index (κ1) is 13.2. The summed E-state index contributed by atoms with van der Waals surface area (Å²) in [4.78, 5) is 0. The van der Waals surface area contributed by atoms with E-state index in [0.717, 1.165) is 24.8 Å². The van der Waals surface area contributed by atoms with Gasteiger partial charge in [-0.05, 0) is 25.8 Å². The summed E-state index contributed by atoms with van der Waals surface area (Å²) in [6, 6.07) is 0. The van der Waals surface area contributed by atoms with E-state index in [9.17, 15) is 5.11 Å². The van der Waals surface area contributed by atoms with Crippen molar-refractivity contribution in [2.24, 2.45) is 0 Å². The first-order valence-corrected chi connectivity index (χ1v) is 5.27. The lowest BCUT2D eigenvalue weighted by molar-refractivity contribution is 0.200. The first-order chi connectivity index (χ1) is 6.61. The van der Waals surface area contributed by atoms with Crippen molar-refractivity contribution in [2.75, 3.05) is 0 Å². The molecular weight excluding hydrogens is 172 g/mol. The summed E-state index contributed by atoms with van der Waals surface area (Å²) >= 11 is 0. The number of allylic oxidation sites excluding steroid dienone is 3. The highest BCUT2D eigenvalue weighted by Crippen LogP contribution is 2.11. The molecule has 0 saturated heterocycles. The van der Waals surface area contributed by atoms with Gasteiger partial charge in [0.15, 0.2) is 0 Å². The van der Waals surface area contributed by atoms with Gasteiger partial charge in [-0.3, -0.25) is 0 Å². The largest absolute Gasteiger partial charge is 0.388 e. The van der Waals surface area contributed by atoms with Crippen LogP contribution in [0.5, 0.6) is 0 Å². The highest BCUT2D eigenvalue weighted by molar-refractivity contribution is 5.26. The number of hydrogen-bond donors (Lipinski definition) is 1. The lowest BCUT2D eigenvalue weighted by Gasteiger charge is -2.10. The maximum absolute atomic E-state index is 9.78. The average molecular weight is 194 g/mol. The van der Waals surface area contributed by atoms with Gasteiger partial charge in [0.25, 0.3) is 0 Å². The van der Waals surface area contributed by atoms with Crippen molar-refractivity contribution in [1.82, 2.24) is 0 Å². The molecule has 14 heavy (non-hydrogen) atoms. The second-order valence-electron chi connectivity index (χ2n) is 3.77. The number of aliphatic hydroxyl groups excluding tert-OH is 1. The van der Waals surface area contributed by atoms with E-state index in [2.05, 4.69) is 13.5 Å². The third-order valence-electron chi connectivity index (χ3n) is 2.06. The zero-order chi connectivity index (χ0) is 11.0. The van der Waals surface area contributed by atoms with Crippen molar-refractivity contribution in [3.8, 4) is 0 Å². The topological polar surface area (TPSA) is 20.2 Å². The summed E-state index contributed by atoms with van der Waals surface area (Å²) in [5.74, 6) is 0. The smallest absolute Gasteiger partial charge is 0.0789 e. The molecule has 0 bridgehead atoms. The maximum Gasteiger partial charge on any atom is 0.0789 e. The number of rotatable bonds is 6. The Bertz CT molecular complexity index is 219. The van der Waals surface area contributed by atoms with Gasteiger partial charge in [-0.25, -0.2) is 0 Å². The van der Waals surface area contributed by atoms with E-state index in [1.165, 1.54) is 5.57 Å². The second-order valence-corrected chi connectivity index (χ2v) is 3.77. The van der Waals surface area contributed by atoms with Crippen LogP contribution < -0.4 is 0 Å². The van der Waals surface area contributed by atoms with Crippen molar-refractivity contribution in [3.05, 3.63) is 36.0 Å². The summed E-state index contributed by atoms with van der Waals surface area (Å²) in [5, 5.41) is 9.78. The molecule has 1 nitrogen and oxygen atoms in total. The quantitative estimate of drug-likeness (QED) is 0.640. The fourth-order valence-electron chi connectivity index (χ4n) is 1.14. The van der Waals surface area contributed by atoms with Crippen LogP contribution in [0.1, 0.15) is 40.0 Å². The molecule has 0 saturated carbocycles. The predicted octanol–water partition coefficient (Wildman–Crippen LogP) is 3.62. The van der Waals surface area contributed by atoms with Crippen LogP contribution in [0.4, 0.5) is 0 Å². The van der Waals surface area contributed by atoms with Gasteiger partial charge >= 0.3 is 0 Å². The summed E-state index contributed by atoms with van der Waals surface area (Å²) < 4.78 is 0. The normalized spacial score (nSPS) is 13.6. The molecule has 0 radical (unpaired) electrons. The van der Waals surface area contributed by atoms with Crippen LogP contribution in [-0.4, -0.2) is 11.2 Å². The molecule has 80 valence electrons. The highest BCUT2D eigenvalue weighted by Gasteiger charge is 2.05. The fourth-order valence-corrected chi connectivity index (χ4v) is 1.14. The molecule has 0 aromatic heterocycles. The van der Waals surface area contributed by atoms with Gasteiger partial charge in [0.1, 0.15) is 0 Å². The highest BCUT2D eigenvalue weighted by atomic mass is 16.3. The Kier molecular flexibility index (Phi) is 7.13. The van der Waals surface area contributed by atoms with Gasteiger partial charge in [0, 0.05) is 0 Å². The van der Waals surface area contributed by atoms with E-state index in [4.69, 9.17) is 0 Å². The molecule has 0 aromatic carbocycles. The molecule has 1 heteroatoms. The lowest BCUT2D eigenvalue weighted by Crippen LogP contribution is -2.08. The van der Waals surface area contributed by atoms with Gasteiger partial charge < -0.3 is 5.11 Å². The Morgan fingerprint density at radius 2 is 2.00 bits per heavy atom. The monoisotopic (exact) mass is 194 g/mol. The molecule has 0 aliphatic rings. The summed E-state index contributed by atoms with van der Waals surface area (Å²) in [6.07, 6.45) is 8.33. The molecule has 0 heterocycles. The predicted molar refractivity (Wildman–Crippen MR) is 63.2 cm³/mol. The van der Waals surface area contributed by atoms with Crippen molar-refractivity contribution in [3.63, 3.8) is 0 Å². The zero-order valence-corrected chi connectivity index (χ0v) is 9.59. The molecule has 0 fully saturated rings. The molecule has 0 spiro atoms. The molecule has 1 N–H and O–H groups in total. The van der Waals surface area contributed by atoms with Crippen LogP contribution in [0.25, 0.3) is 0 Å². The summed E-state index contributed by atoms with van der Waals surface area (Å²) in [5.41, 5.74) is 2.15. The number of hydrogen-bond acceptors (Lipinski definition) is 1. The summed E-state index contributed by atoms with van der Waals surface area (Å²) in [6.45, 7) is 9.91. The van der Waals surface area contributed by atoms with Gasteiger partial charge in [0.2, 0.25) is 0 Å². The standard InChI is InChI=1S/C13H22O/c1-5-7-8-13(14)12(6-2)10-9-11(3)4/h6,9-10,13-14H,2,5,7-8H2,1,3-4H3. The van der Waals surface area contributed by atoms with Crippen LogP contribution in [0.2, 0.25) is 0 Å². The van der Waals surface area contributed by atoms with Crippen LogP contribution in [-0.2, 0) is 0 Å². The van der Waals surface area contributed by atoms with Gasteiger partial charge in [-0.2, -0.15) is 0 Å². The minimum absolute atomic E-state index is 0.358. The molecule has 0 aromatic rings. The van der Waals surface area contributed by atoms with Crippen LogP contribution in [0, 0.1) is 0 Å². The zero-order valence-electron chi connectivity index (χ0n) is 9.59. The molecule has 1 atom stereocenters. The molecule has 0 rings (SSSR count). The fraction of sp³-hybridized carbons (Fsp3) is 0.538. The first-order valence-electron chi connectivity index (χ1n) is 5.27. The number of aliphatic hydroxyl groups is 1. The van der Waals surface area contributed by atoms with Crippen LogP contribution >= 0.6 is 0 Å². The van der Waals surface area contributed by atoms with Crippen molar-refractivity contribution in [2.45, 2.75) is 46.1 Å². The van der Waals surface area contributed by atoms with Crippen LogP contribution in [0.15, 0.2) is 36.0 Å². The number of unbranched alkanes of at least 4 members (excludes halogenated alkanes) is 1. The Morgan fingerprint density at radius 3 is 2.43 bits per heavy atom. The van der Waals surface area contributed by atoms with E-state index in [1.807, 2.05) is 26.0 Å². The van der Waals surface area contributed by atoms with Gasteiger partial charge in [-0.15, -0.1) is 0 Å². The van der Waals surface area contributed by atoms with E-state index in [0.29, 0.717) is 0 Å². The van der Waals surface area contributed by atoms with Gasteiger partial charge in [-0.1, -0.05) is 50.1 Å². The Hall–Kier alpha value is -0.820. The maximum atomic E-state index is 9.78. The lowest BCUT2D eigenvalue weighted by atomic mass is 10.0. The SMILES string of the molecule is C=CC(=CC=C(C)C)C(O)CCCC. The Morgan fingerprint density at radius 1 is 1.36 bits per heavy atom. The Balaban J connectivity index is 4.32. The average Bonchev–Trinajstić information content (AvgIpc) is 2.15. The van der Waals surface area contributed by atoms with Crippen molar-refractivity contribution >= 4 is 0 Å². The van der Waals surface area contributed by atoms with E-state index in [1.54, 1.807) is 6.08 Å². The third-order valence-corrected chi connectivity index (χ3v) is 2.06. The van der Waals surface area contributed by atoms with E-state index in [-0.39, 0.29) is 6.10 Å². The van der Waals surface area contributed by atoms with Gasteiger partial charge in [0.05, 0.1) is 6.10 Å². The van der Waals surface area contributed by atoms with Crippen LogP contribution in [0.3, 0.4) is 0 Å². The molecule has 0 amide bonds. The van der Waals surface area contributed by atoms with Crippen molar-refractivity contribution in [1.29, 1.82) is 0 Å². The van der Waals surface area contributed by atoms with E-state index < -0.39 is 0 Å². The molecule has 0 aliphatic carbocycles. The molecular formula is C13H22O. The van der Waals surface area contributed by atoms with E-state index >= 15 is 0 Å². The molecule has 1 unspecified atom stereocenters. The minimum atomic E-state index is -0.358. The minimum Gasteiger partial charge on any atom is -0.388 e. The second kappa shape index (κ2) is 7.57. The Labute approximate surface area is 87.8 Å². The summed E-state index contributed by atoms with van der Waals surface area (Å²) in [7, 11) is 0. The third kappa shape index (κ3) is 5.76. The molecule has 0 aliphatic heterocycles.